The highest BCUT2D eigenvalue weighted by Crippen LogP contribution is 2.29. The Morgan fingerprint density at radius 2 is 1.80 bits per heavy atom. The third-order valence-electron chi connectivity index (χ3n) is 3.99. The topological polar surface area (TPSA) is 84.2 Å². The summed E-state index contributed by atoms with van der Waals surface area (Å²) in [5, 5.41) is 5.75. The Morgan fingerprint density at radius 1 is 1.25 bits per heavy atom. The lowest BCUT2D eigenvalue weighted by atomic mass is 9.78. The first kappa shape index (κ1) is 17.0. The van der Waals surface area contributed by atoms with Gasteiger partial charge in [0.1, 0.15) is 6.04 Å². The van der Waals surface area contributed by atoms with Crippen molar-refractivity contribution in [1.82, 2.24) is 10.6 Å². The zero-order chi connectivity index (χ0) is 15.2. The van der Waals surface area contributed by atoms with Crippen molar-refractivity contribution in [1.29, 1.82) is 0 Å². The fourth-order valence-corrected chi connectivity index (χ4v) is 2.58. The fraction of sp³-hybridized carbons (Fsp3) is 0.867. The summed E-state index contributed by atoms with van der Waals surface area (Å²) in [6.45, 7) is 6.17. The van der Waals surface area contributed by atoms with Gasteiger partial charge in [0.15, 0.2) is 0 Å². The standard InChI is InChI=1S/C15H29N3O2/c1-4-8-15(10-16,9-5-2)14(20)17-11(3)13(19)18-12-6-7-12/h11-12H,4-10,16H2,1-3H3,(H,17,20)(H,18,19). The molecule has 2 amide bonds. The fourth-order valence-electron chi connectivity index (χ4n) is 2.58. The number of rotatable bonds is 9. The van der Waals surface area contributed by atoms with Crippen LogP contribution in [0.2, 0.25) is 0 Å². The van der Waals surface area contributed by atoms with Gasteiger partial charge in [-0.1, -0.05) is 26.7 Å². The van der Waals surface area contributed by atoms with Crippen LogP contribution < -0.4 is 16.4 Å². The molecule has 0 heterocycles. The van der Waals surface area contributed by atoms with Crippen molar-refractivity contribution in [3.63, 3.8) is 0 Å². The molecule has 0 aromatic heterocycles. The summed E-state index contributed by atoms with van der Waals surface area (Å²) in [5.41, 5.74) is 5.33. The predicted octanol–water partition coefficient (Wildman–Crippen LogP) is 1.32. The Bertz CT molecular complexity index is 334. The smallest absolute Gasteiger partial charge is 0.242 e. The lowest BCUT2D eigenvalue weighted by molar-refractivity contribution is -0.135. The summed E-state index contributed by atoms with van der Waals surface area (Å²) >= 11 is 0. The molecule has 0 radical (unpaired) electrons. The van der Waals surface area contributed by atoms with Crippen LogP contribution >= 0.6 is 0 Å². The van der Waals surface area contributed by atoms with E-state index in [1.807, 2.05) is 0 Å². The van der Waals surface area contributed by atoms with Crippen molar-refractivity contribution in [2.24, 2.45) is 11.1 Å². The monoisotopic (exact) mass is 283 g/mol. The zero-order valence-electron chi connectivity index (χ0n) is 13.0. The Kier molecular flexibility index (Phi) is 6.46. The summed E-state index contributed by atoms with van der Waals surface area (Å²) in [4.78, 5) is 24.4. The molecule has 0 bridgehead atoms. The minimum atomic E-state index is -0.530. The van der Waals surface area contributed by atoms with Crippen molar-refractivity contribution in [2.45, 2.75) is 71.4 Å². The molecule has 0 aromatic rings. The highest BCUT2D eigenvalue weighted by molar-refractivity contribution is 5.90. The molecule has 5 heteroatoms. The quantitative estimate of drug-likeness (QED) is 0.596. The van der Waals surface area contributed by atoms with Crippen molar-refractivity contribution >= 4 is 11.8 Å². The highest BCUT2D eigenvalue weighted by atomic mass is 16.2. The largest absolute Gasteiger partial charge is 0.352 e. The van der Waals surface area contributed by atoms with Crippen LogP contribution in [-0.2, 0) is 9.59 Å². The van der Waals surface area contributed by atoms with E-state index in [0.29, 0.717) is 12.6 Å². The second kappa shape index (κ2) is 7.62. The first-order chi connectivity index (χ1) is 9.49. The van der Waals surface area contributed by atoms with Gasteiger partial charge in [-0.15, -0.1) is 0 Å². The van der Waals surface area contributed by atoms with E-state index in [0.717, 1.165) is 38.5 Å². The number of nitrogens with one attached hydrogen (secondary N) is 2. The second-order valence-electron chi connectivity index (χ2n) is 5.96. The van der Waals surface area contributed by atoms with Crippen LogP contribution in [0.5, 0.6) is 0 Å². The molecule has 1 saturated carbocycles. The van der Waals surface area contributed by atoms with Crippen LogP contribution in [0.25, 0.3) is 0 Å². The molecule has 20 heavy (non-hydrogen) atoms. The third kappa shape index (κ3) is 4.47. The molecule has 1 aliphatic carbocycles. The summed E-state index contributed by atoms with van der Waals surface area (Å²) in [5.74, 6) is -0.179. The van der Waals surface area contributed by atoms with E-state index in [4.69, 9.17) is 5.73 Å². The molecule has 116 valence electrons. The van der Waals surface area contributed by atoms with Crippen LogP contribution in [0.1, 0.15) is 59.3 Å². The van der Waals surface area contributed by atoms with Crippen LogP contribution in [0, 0.1) is 5.41 Å². The molecular formula is C15H29N3O2. The van der Waals surface area contributed by atoms with Crippen LogP contribution in [0.15, 0.2) is 0 Å². The maximum Gasteiger partial charge on any atom is 0.242 e. The van der Waals surface area contributed by atoms with Crippen molar-refractivity contribution < 1.29 is 9.59 Å². The molecule has 1 rings (SSSR count). The van der Waals surface area contributed by atoms with Gasteiger partial charge < -0.3 is 16.4 Å². The number of amides is 2. The lowest BCUT2D eigenvalue weighted by Gasteiger charge is -2.32. The minimum absolute atomic E-state index is 0.0813. The molecule has 4 N–H and O–H groups in total. The number of hydrogen-bond acceptors (Lipinski definition) is 3. The molecule has 0 saturated heterocycles. The zero-order valence-corrected chi connectivity index (χ0v) is 13.0. The third-order valence-corrected chi connectivity index (χ3v) is 3.99. The Morgan fingerprint density at radius 3 is 2.20 bits per heavy atom. The average Bonchev–Trinajstić information content (AvgIpc) is 3.21. The minimum Gasteiger partial charge on any atom is -0.352 e. The highest BCUT2D eigenvalue weighted by Gasteiger charge is 2.37. The average molecular weight is 283 g/mol. The van der Waals surface area contributed by atoms with E-state index in [9.17, 15) is 9.59 Å². The lowest BCUT2D eigenvalue weighted by Crippen LogP contribution is -2.52. The Balaban J connectivity index is 2.61. The first-order valence-electron chi connectivity index (χ1n) is 7.80. The van der Waals surface area contributed by atoms with Gasteiger partial charge in [0.25, 0.3) is 0 Å². The van der Waals surface area contributed by atoms with Gasteiger partial charge in [0.05, 0.1) is 5.41 Å². The van der Waals surface area contributed by atoms with Crippen LogP contribution in [-0.4, -0.2) is 30.4 Å². The van der Waals surface area contributed by atoms with Gasteiger partial charge in [0, 0.05) is 12.6 Å². The van der Waals surface area contributed by atoms with Gasteiger partial charge >= 0.3 is 0 Å². The number of carbonyl (C=O) groups is 2. The number of nitrogens with two attached hydrogens (primary N) is 1. The van der Waals surface area contributed by atoms with E-state index < -0.39 is 11.5 Å². The van der Waals surface area contributed by atoms with Gasteiger partial charge in [-0.2, -0.15) is 0 Å². The van der Waals surface area contributed by atoms with Crippen molar-refractivity contribution in [3.8, 4) is 0 Å². The second-order valence-corrected chi connectivity index (χ2v) is 5.96. The maximum absolute atomic E-state index is 12.5. The van der Waals surface area contributed by atoms with Gasteiger partial charge in [-0.3, -0.25) is 9.59 Å². The van der Waals surface area contributed by atoms with Gasteiger partial charge in [-0.05, 0) is 32.6 Å². The van der Waals surface area contributed by atoms with E-state index >= 15 is 0 Å². The van der Waals surface area contributed by atoms with Crippen molar-refractivity contribution in [2.75, 3.05) is 6.54 Å². The van der Waals surface area contributed by atoms with Gasteiger partial charge in [0.2, 0.25) is 11.8 Å². The summed E-state index contributed by atoms with van der Waals surface area (Å²) < 4.78 is 0. The van der Waals surface area contributed by atoms with E-state index in [1.165, 1.54) is 0 Å². The molecule has 1 unspecified atom stereocenters. The van der Waals surface area contributed by atoms with Crippen LogP contribution in [0.3, 0.4) is 0 Å². The van der Waals surface area contributed by atoms with Gasteiger partial charge in [-0.25, -0.2) is 0 Å². The molecule has 0 spiro atoms. The van der Waals surface area contributed by atoms with Crippen molar-refractivity contribution in [3.05, 3.63) is 0 Å². The summed E-state index contributed by atoms with van der Waals surface area (Å²) in [6, 6.07) is -0.185. The van der Waals surface area contributed by atoms with E-state index in [-0.39, 0.29) is 11.8 Å². The summed E-state index contributed by atoms with van der Waals surface area (Å²) in [6.07, 6.45) is 5.44. The van der Waals surface area contributed by atoms with Crippen LogP contribution in [0.4, 0.5) is 0 Å². The Hall–Kier alpha value is -1.10. The number of hydrogen-bond donors (Lipinski definition) is 3. The Labute approximate surface area is 122 Å². The van der Waals surface area contributed by atoms with E-state index in [2.05, 4.69) is 24.5 Å². The number of carbonyl (C=O) groups excluding carboxylic acids is 2. The first-order valence-corrected chi connectivity index (χ1v) is 7.80. The SMILES string of the molecule is CCCC(CN)(CCC)C(=O)NC(C)C(=O)NC1CC1. The summed E-state index contributed by atoms with van der Waals surface area (Å²) in [7, 11) is 0. The maximum atomic E-state index is 12.5. The molecule has 1 fully saturated rings. The van der Waals surface area contributed by atoms with E-state index in [1.54, 1.807) is 6.92 Å². The molecular weight excluding hydrogens is 254 g/mol. The molecule has 1 atom stereocenters. The predicted molar refractivity (Wildman–Crippen MR) is 80.1 cm³/mol. The molecule has 0 aliphatic heterocycles. The molecule has 5 nitrogen and oxygen atoms in total. The molecule has 1 aliphatic rings. The normalized spacial score (nSPS) is 16.6. The molecule has 0 aromatic carbocycles.